The van der Waals surface area contributed by atoms with Crippen LogP contribution >= 0.6 is 0 Å². The number of rotatable bonds is 3. The second-order valence-corrected chi connectivity index (χ2v) is 4.16. The number of phenols is 1. The molecule has 1 atom stereocenters. The van der Waals surface area contributed by atoms with E-state index in [9.17, 15) is 9.90 Å². The molecule has 0 saturated heterocycles. The maximum Gasteiger partial charge on any atom is 0.268 e. The van der Waals surface area contributed by atoms with Gasteiger partial charge in [0.25, 0.3) is 5.91 Å². The normalized spacial score (nSPS) is 18.8. The molecule has 0 aliphatic carbocycles. The Labute approximate surface area is 101 Å². The Morgan fingerprint density at radius 2 is 2.18 bits per heavy atom. The number of aromatic hydroxyl groups is 1. The Balaban J connectivity index is 2.42. The van der Waals surface area contributed by atoms with E-state index >= 15 is 0 Å². The SMILES string of the molecule is CCCN1C(=O)C(CC)Oc2cc(O)ccc21. The molecule has 17 heavy (non-hydrogen) atoms. The lowest BCUT2D eigenvalue weighted by molar-refractivity contribution is -0.126. The largest absolute Gasteiger partial charge is 0.508 e. The number of hydrogen-bond donors (Lipinski definition) is 1. The van der Waals surface area contributed by atoms with Crippen LogP contribution in [-0.4, -0.2) is 23.7 Å². The molecule has 2 rings (SSSR count). The summed E-state index contributed by atoms with van der Waals surface area (Å²) < 4.78 is 5.60. The van der Waals surface area contributed by atoms with Crippen molar-refractivity contribution in [2.75, 3.05) is 11.4 Å². The number of hydrogen-bond acceptors (Lipinski definition) is 3. The Bertz CT molecular complexity index is 431. The van der Waals surface area contributed by atoms with E-state index in [2.05, 4.69) is 0 Å². The summed E-state index contributed by atoms with van der Waals surface area (Å²) in [5, 5.41) is 9.45. The minimum atomic E-state index is -0.434. The van der Waals surface area contributed by atoms with Crippen molar-refractivity contribution in [1.29, 1.82) is 0 Å². The summed E-state index contributed by atoms with van der Waals surface area (Å²) in [6, 6.07) is 4.86. The number of carbonyl (C=O) groups excluding carboxylic acids is 1. The third-order valence-electron chi connectivity index (χ3n) is 2.86. The number of carbonyl (C=O) groups is 1. The highest BCUT2D eigenvalue weighted by Gasteiger charge is 2.32. The van der Waals surface area contributed by atoms with E-state index in [1.807, 2.05) is 13.8 Å². The van der Waals surface area contributed by atoms with Crippen LogP contribution in [-0.2, 0) is 4.79 Å². The molecule has 1 aromatic rings. The van der Waals surface area contributed by atoms with Gasteiger partial charge in [0.1, 0.15) is 11.5 Å². The molecule has 0 spiro atoms. The highest BCUT2D eigenvalue weighted by molar-refractivity contribution is 6.00. The summed E-state index contributed by atoms with van der Waals surface area (Å²) in [7, 11) is 0. The summed E-state index contributed by atoms with van der Waals surface area (Å²) in [5.74, 6) is 0.752. The fraction of sp³-hybridized carbons (Fsp3) is 0.462. The van der Waals surface area contributed by atoms with E-state index < -0.39 is 6.10 Å². The number of ether oxygens (including phenoxy) is 1. The second-order valence-electron chi connectivity index (χ2n) is 4.16. The first kappa shape index (κ1) is 11.8. The molecule has 1 heterocycles. The van der Waals surface area contributed by atoms with Gasteiger partial charge >= 0.3 is 0 Å². The number of benzene rings is 1. The van der Waals surface area contributed by atoms with Crippen molar-refractivity contribution in [2.45, 2.75) is 32.8 Å². The van der Waals surface area contributed by atoms with Crippen molar-refractivity contribution in [2.24, 2.45) is 0 Å². The maximum atomic E-state index is 12.1. The molecular formula is C13H17NO3. The number of phenolic OH excluding ortho intramolecular Hbond substituents is 1. The van der Waals surface area contributed by atoms with Crippen molar-refractivity contribution < 1.29 is 14.6 Å². The van der Waals surface area contributed by atoms with Gasteiger partial charge in [-0.15, -0.1) is 0 Å². The third-order valence-corrected chi connectivity index (χ3v) is 2.86. The van der Waals surface area contributed by atoms with Crippen LogP contribution in [0.1, 0.15) is 26.7 Å². The standard InChI is InChI=1S/C13H17NO3/c1-3-7-14-10-6-5-9(15)8-12(10)17-11(4-2)13(14)16/h5-6,8,11,15H,3-4,7H2,1-2H3. The molecule has 4 nitrogen and oxygen atoms in total. The van der Waals surface area contributed by atoms with E-state index in [1.54, 1.807) is 23.1 Å². The van der Waals surface area contributed by atoms with Crippen LogP contribution in [0.5, 0.6) is 11.5 Å². The molecular weight excluding hydrogens is 218 g/mol. The van der Waals surface area contributed by atoms with Gasteiger partial charge in [-0.1, -0.05) is 13.8 Å². The summed E-state index contributed by atoms with van der Waals surface area (Å²) >= 11 is 0. The average Bonchev–Trinajstić information content (AvgIpc) is 2.32. The predicted octanol–water partition coefficient (Wildman–Crippen LogP) is 2.31. The summed E-state index contributed by atoms with van der Waals surface area (Å²) in [4.78, 5) is 13.9. The van der Waals surface area contributed by atoms with Crippen molar-refractivity contribution in [3.8, 4) is 11.5 Å². The lowest BCUT2D eigenvalue weighted by atomic mass is 10.1. The predicted molar refractivity (Wildman–Crippen MR) is 65.5 cm³/mol. The molecule has 1 N–H and O–H groups in total. The average molecular weight is 235 g/mol. The van der Waals surface area contributed by atoms with E-state index in [0.717, 1.165) is 12.1 Å². The highest BCUT2D eigenvalue weighted by Crippen LogP contribution is 2.37. The fourth-order valence-electron chi connectivity index (χ4n) is 2.03. The molecule has 0 bridgehead atoms. The van der Waals surface area contributed by atoms with Crippen LogP contribution in [0.2, 0.25) is 0 Å². The van der Waals surface area contributed by atoms with Crippen molar-refractivity contribution in [3.63, 3.8) is 0 Å². The number of fused-ring (bicyclic) bond motifs is 1. The monoisotopic (exact) mass is 235 g/mol. The van der Waals surface area contributed by atoms with Gasteiger partial charge in [0, 0.05) is 12.6 Å². The highest BCUT2D eigenvalue weighted by atomic mass is 16.5. The van der Waals surface area contributed by atoms with E-state index in [-0.39, 0.29) is 11.7 Å². The zero-order valence-corrected chi connectivity index (χ0v) is 10.1. The zero-order chi connectivity index (χ0) is 12.4. The van der Waals surface area contributed by atoms with Crippen LogP contribution in [0.15, 0.2) is 18.2 Å². The van der Waals surface area contributed by atoms with Crippen LogP contribution in [0.25, 0.3) is 0 Å². The Morgan fingerprint density at radius 3 is 2.82 bits per heavy atom. The smallest absolute Gasteiger partial charge is 0.268 e. The van der Waals surface area contributed by atoms with Crippen LogP contribution in [0.3, 0.4) is 0 Å². The quantitative estimate of drug-likeness (QED) is 0.874. The topological polar surface area (TPSA) is 49.8 Å². The molecule has 0 aromatic heterocycles. The van der Waals surface area contributed by atoms with E-state index in [4.69, 9.17) is 4.74 Å². The van der Waals surface area contributed by atoms with Crippen LogP contribution in [0.4, 0.5) is 5.69 Å². The second kappa shape index (κ2) is 4.65. The van der Waals surface area contributed by atoms with Gasteiger partial charge in [0.15, 0.2) is 6.10 Å². The molecule has 92 valence electrons. The first-order valence-electron chi connectivity index (χ1n) is 5.98. The number of anilines is 1. The van der Waals surface area contributed by atoms with Crippen molar-refractivity contribution >= 4 is 11.6 Å². The Kier molecular flexibility index (Phi) is 3.22. The molecule has 1 aliphatic heterocycles. The zero-order valence-electron chi connectivity index (χ0n) is 10.1. The van der Waals surface area contributed by atoms with Gasteiger partial charge in [0.05, 0.1) is 5.69 Å². The van der Waals surface area contributed by atoms with Gasteiger partial charge in [0.2, 0.25) is 0 Å². The van der Waals surface area contributed by atoms with Gasteiger partial charge in [-0.2, -0.15) is 0 Å². The number of amides is 1. The minimum absolute atomic E-state index is 0.00698. The summed E-state index contributed by atoms with van der Waals surface area (Å²) in [6.45, 7) is 4.63. The molecule has 0 radical (unpaired) electrons. The third kappa shape index (κ3) is 2.07. The first-order chi connectivity index (χ1) is 8.17. The van der Waals surface area contributed by atoms with Gasteiger partial charge in [-0.3, -0.25) is 4.79 Å². The van der Waals surface area contributed by atoms with Crippen molar-refractivity contribution in [1.82, 2.24) is 0 Å². The molecule has 1 amide bonds. The van der Waals surface area contributed by atoms with Crippen LogP contribution in [0, 0.1) is 0 Å². The lowest BCUT2D eigenvalue weighted by Crippen LogP contribution is -2.45. The lowest BCUT2D eigenvalue weighted by Gasteiger charge is -2.33. The molecule has 1 unspecified atom stereocenters. The Morgan fingerprint density at radius 1 is 1.41 bits per heavy atom. The first-order valence-corrected chi connectivity index (χ1v) is 5.98. The van der Waals surface area contributed by atoms with Gasteiger partial charge in [-0.25, -0.2) is 0 Å². The number of nitrogens with zero attached hydrogens (tertiary/aromatic N) is 1. The maximum absolute atomic E-state index is 12.1. The minimum Gasteiger partial charge on any atom is -0.508 e. The molecule has 0 saturated carbocycles. The van der Waals surface area contributed by atoms with Crippen LogP contribution < -0.4 is 9.64 Å². The fourth-order valence-corrected chi connectivity index (χ4v) is 2.03. The molecule has 0 fully saturated rings. The molecule has 1 aliphatic rings. The summed E-state index contributed by atoms with van der Waals surface area (Å²) in [6.07, 6.45) is 1.09. The molecule has 4 heteroatoms. The summed E-state index contributed by atoms with van der Waals surface area (Å²) in [5.41, 5.74) is 0.749. The molecule has 1 aromatic carbocycles. The van der Waals surface area contributed by atoms with Crippen molar-refractivity contribution in [3.05, 3.63) is 18.2 Å². The van der Waals surface area contributed by atoms with Gasteiger partial charge in [-0.05, 0) is 25.0 Å². The van der Waals surface area contributed by atoms with Gasteiger partial charge < -0.3 is 14.7 Å². The van der Waals surface area contributed by atoms with E-state index in [1.165, 1.54) is 0 Å². The Hall–Kier alpha value is -1.71. The van der Waals surface area contributed by atoms with E-state index in [0.29, 0.717) is 18.7 Å².